The van der Waals surface area contributed by atoms with Crippen LogP contribution in [0.25, 0.3) is 0 Å². The van der Waals surface area contributed by atoms with Gasteiger partial charge in [0.25, 0.3) is 5.91 Å². The zero-order chi connectivity index (χ0) is 21.3. The van der Waals surface area contributed by atoms with Crippen LogP contribution in [0.15, 0.2) is 54.6 Å². The first-order valence-corrected chi connectivity index (χ1v) is 11.1. The molecule has 3 rings (SSSR count). The van der Waals surface area contributed by atoms with Gasteiger partial charge >= 0.3 is 0 Å². The molecule has 2 aromatic carbocycles. The summed E-state index contributed by atoms with van der Waals surface area (Å²) < 4.78 is 0. The van der Waals surface area contributed by atoms with Crippen LogP contribution in [0.5, 0.6) is 0 Å². The van der Waals surface area contributed by atoms with Crippen molar-refractivity contribution in [3.63, 3.8) is 0 Å². The third-order valence-electron chi connectivity index (χ3n) is 5.56. The Morgan fingerprint density at radius 2 is 1.97 bits per heavy atom. The first kappa shape index (κ1) is 22.2. The fraction of sp³-hybridized carbons (Fsp3) is 0.417. The molecule has 0 aromatic heterocycles. The fourth-order valence-corrected chi connectivity index (χ4v) is 4.10. The summed E-state index contributed by atoms with van der Waals surface area (Å²) in [6.45, 7) is 5.74. The Morgan fingerprint density at radius 3 is 2.70 bits per heavy atom. The second-order valence-electron chi connectivity index (χ2n) is 7.66. The maximum absolute atomic E-state index is 12.8. The van der Waals surface area contributed by atoms with Gasteiger partial charge in [0.2, 0.25) is 5.91 Å². The summed E-state index contributed by atoms with van der Waals surface area (Å²) in [5, 5.41) is 3.61. The van der Waals surface area contributed by atoms with Gasteiger partial charge in [0.15, 0.2) is 0 Å². The molecule has 1 atom stereocenters. The third kappa shape index (κ3) is 5.99. The number of piperidine rings is 1. The molecule has 2 amide bonds. The fourth-order valence-electron chi connectivity index (χ4n) is 3.91. The zero-order valence-electron chi connectivity index (χ0n) is 17.5. The summed E-state index contributed by atoms with van der Waals surface area (Å²) in [5.41, 5.74) is 1.78. The highest BCUT2D eigenvalue weighted by molar-refractivity contribution is 6.30. The highest BCUT2D eigenvalue weighted by Crippen LogP contribution is 2.20. The van der Waals surface area contributed by atoms with Crippen molar-refractivity contribution >= 4 is 29.1 Å². The van der Waals surface area contributed by atoms with E-state index in [0.717, 1.165) is 32.4 Å². The Morgan fingerprint density at radius 1 is 1.17 bits per heavy atom. The molecule has 6 heteroatoms. The van der Waals surface area contributed by atoms with Crippen molar-refractivity contribution in [3.8, 4) is 0 Å². The minimum absolute atomic E-state index is 0.0429. The molecule has 0 spiro atoms. The number of benzene rings is 2. The van der Waals surface area contributed by atoms with Crippen molar-refractivity contribution in [2.24, 2.45) is 5.92 Å². The SMILES string of the molecule is CCN(CCCNC(=O)C1CCCN(C(=O)c2cccc(Cl)c2)C1)c1ccccc1. The Balaban J connectivity index is 1.45. The van der Waals surface area contributed by atoms with Crippen LogP contribution in [-0.4, -0.2) is 49.4 Å². The number of nitrogens with one attached hydrogen (secondary N) is 1. The summed E-state index contributed by atoms with van der Waals surface area (Å²) in [6.07, 6.45) is 2.53. The standard InChI is InChI=1S/C24H30ClN3O2/c1-2-27(22-12-4-3-5-13-22)16-8-14-26-23(29)20-10-7-15-28(18-20)24(30)19-9-6-11-21(25)17-19/h3-6,9,11-13,17,20H,2,7-8,10,14-16,18H2,1H3,(H,26,29). The van der Waals surface area contributed by atoms with Crippen LogP contribution in [0, 0.1) is 5.92 Å². The lowest BCUT2D eigenvalue weighted by atomic mass is 9.96. The van der Waals surface area contributed by atoms with E-state index in [-0.39, 0.29) is 17.7 Å². The Labute approximate surface area is 184 Å². The highest BCUT2D eigenvalue weighted by Gasteiger charge is 2.28. The van der Waals surface area contributed by atoms with Gasteiger partial charge in [-0.25, -0.2) is 0 Å². The lowest BCUT2D eigenvalue weighted by Gasteiger charge is -2.32. The number of nitrogens with zero attached hydrogens (tertiary/aromatic N) is 2. The van der Waals surface area contributed by atoms with E-state index in [1.54, 1.807) is 29.2 Å². The number of rotatable bonds is 8. The number of anilines is 1. The maximum Gasteiger partial charge on any atom is 0.253 e. The van der Waals surface area contributed by atoms with Crippen molar-refractivity contribution in [3.05, 3.63) is 65.2 Å². The summed E-state index contributed by atoms with van der Waals surface area (Å²) in [4.78, 5) is 29.5. The molecule has 2 aromatic rings. The Kier molecular flexibility index (Phi) is 8.14. The molecule has 1 aliphatic heterocycles. The molecule has 0 saturated carbocycles. The summed E-state index contributed by atoms with van der Waals surface area (Å²) in [7, 11) is 0. The van der Waals surface area contributed by atoms with Gasteiger partial charge in [-0.1, -0.05) is 35.9 Å². The third-order valence-corrected chi connectivity index (χ3v) is 5.79. The molecule has 0 radical (unpaired) electrons. The van der Waals surface area contributed by atoms with Crippen molar-refractivity contribution < 1.29 is 9.59 Å². The topological polar surface area (TPSA) is 52.7 Å². The monoisotopic (exact) mass is 427 g/mol. The van der Waals surface area contributed by atoms with Gasteiger partial charge in [-0.05, 0) is 56.5 Å². The first-order chi connectivity index (χ1) is 14.6. The van der Waals surface area contributed by atoms with Crippen LogP contribution in [0.1, 0.15) is 36.5 Å². The number of para-hydroxylation sites is 1. The minimum Gasteiger partial charge on any atom is -0.372 e. The number of likely N-dealkylation sites (tertiary alicyclic amines) is 1. The van der Waals surface area contributed by atoms with Gasteiger partial charge in [-0.3, -0.25) is 9.59 Å². The van der Waals surface area contributed by atoms with Crippen molar-refractivity contribution in [2.75, 3.05) is 37.6 Å². The zero-order valence-corrected chi connectivity index (χ0v) is 18.3. The van der Waals surface area contributed by atoms with E-state index >= 15 is 0 Å². The number of carbonyl (C=O) groups excluding carboxylic acids is 2. The van der Waals surface area contributed by atoms with Crippen LogP contribution >= 0.6 is 11.6 Å². The molecule has 0 aliphatic carbocycles. The predicted molar refractivity (Wildman–Crippen MR) is 122 cm³/mol. The molecular weight excluding hydrogens is 398 g/mol. The highest BCUT2D eigenvalue weighted by atomic mass is 35.5. The van der Waals surface area contributed by atoms with Gasteiger partial charge < -0.3 is 15.1 Å². The van der Waals surface area contributed by atoms with Crippen molar-refractivity contribution in [1.29, 1.82) is 0 Å². The molecule has 1 unspecified atom stereocenters. The summed E-state index contributed by atoms with van der Waals surface area (Å²) in [5.74, 6) is -0.170. The lowest BCUT2D eigenvalue weighted by molar-refractivity contribution is -0.126. The number of hydrogen-bond acceptors (Lipinski definition) is 3. The van der Waals surface area contributed by atoms with Crippen molar-refractivity contribution in [2.45, 2.75) is 26.2 Å². The van der Waals surface area contributed by atoms with E-state index in [2.05, 4.69) is 29.3 Å². The van der Waals surface area contributed by atoms with E-state index < -0.39 is 0 Å². The molecular formula is C24H30ClN3O2. The molecule has 1 heterocycles. The average molecular weight is 428 g/mol. The van der Waals surface area contributed by atoms with Crippen LogP contribution < -0.4 is 10.2 Å². The molecule has 1 fully saturated rings. The number of carbonyl (C=O) groups is 2. The Hall–Kier alpha value is -2.53. The average Bonchev–Trinajstić information content (AvgIpc) is 2.79. The molecule has 1 saturated heterocycles. The van der Waals surface area contributed by atoms with E-state index in [1.165, 1.54) is 5.69 Å². The lowest BCUT2D eigenvalue weighted by Crippen LogP contribution is -2.45. The quantitative estimate of drug-likeness (QED) is 0.641. The Bertz CT molecular complexity index is 843. The summed E-state index contributed by atoms with van der Waals surface area (Å²) >= 11 is 6.01. The molecule has 1 N–H and O–H groups in total. The van der Waals surface area contributed by atoms with E-state index in [4.69, 9.17) is 11.6 Å². The number of amides is 2. The maximum atomic E-state index is 12.8. The number of hydrogen-bond donors (Lipinski definition) is 1. The molecule has 160 valence electrons. The van der Waals surface area contributed by atoms with Crippen molar-refractivity contribution in [1.82, 2.24) is 10.2 Å². The molecule has 1 aliphatic rings. The van der Waals surface area contributed by atoms with Crippen LogP contribution in [-0.2, 0) is 4.79 Å². The van der Waals surface area contributed by atoms with Crippen LogP contribution in [0.2, 0.25) is 5.02 Å². The van der Waals surface area contributed by atoms with Gasteiger partial charge in [0, 0.05) is 49.0 Å². The van der Waals surface area contributed by atoms with E-state index in [0.29, 0.717) is 30.2 Å². The van der Waals surface area contributed by atoms with Gasteiger partial charge in [-0.2, -0.15) is 0 Å². The normalized spacial score (nSPS) is 16.2. The number of halogens is 1. The predicted octanol–water partition coefficient (Wildman–Crippen LogP) is 4.23. The minimum atomic E-state index is -0.154. The van der Waals surface area contributed by atoms with Crippen LogP contribution in [0.3, 0.4) is 0 Å². The molecule has 0 bridgehead atoms. The van der Waals surface area contributed by atoms with Gasteiger partial charge in [0.05, 0.1) is 5.92 Å². The second kappa shape index (κ2) is 11.0. The van der Waals surface area contributed by atoms with Gasteiger partial charge in [-0.15, -0.1) is 0 Å². The van der Waals surface area contributed by atoms with Gasteiger partial charge in [0.1, 0.15) is 0 Å². The second-order valence-corrected chi connectivity index (χ2v) is 8.10. The summed E-state index contributed by atoms with van der Waals surface area (Å²) in [6, 6.07) is 17.3. The van der Waals surface area contributed by atoms with Crippen LogP contribution in [0.4, 0.5) is 5.69 Å². The van der Waals surface area contributed by atoms with E-state index in [1.807, 2.05) is 18.2 Å². The first-order valence-electron chi connectivity index (χ1n) is 10.7. The molecule has 5 nitrogen and oxygen atoms in total. The smallest absolute Gasteiger partial charge is 0.253 e. The molecule has 30 heavy (non-hydrogen) atoms. The van der Waals surface area contributed by atoms with E-state index in [9.17, 15) is 9.59 Å². The largest absolute Gasteiger partial charge is 0.372 e.